The first-order valence-electron chi connectivity index (χ1n) is 6.98. The van der Waals surface area contributed by atoms with Crippen LogP contribution in [0.1, 0.15) is 29.4 Å². The Kier molecular flexibility index (Phi) is 5.35. The van der Waals surface area contributed by atoms with Crippen LogP contribution in [0.25, 0.3) is 0 Å². The fourth-order valence-electron chi connectivity index (χ4n) is 2.55. The van der Waals surface area contributed by atoms with Gasteiger partial charge in [0.05, 0.1) is 15.5 Å². The van der Waals surface area contributed by atoms with Gasteiger partial charge in [0, 0.05) is 19.5 Å². The summed E-state index contributed by atoms with van der Waals surface area (Å²) in [4.78, 5) is 16.0. The first-order chi connectivity index (χ1) is 9.56. The number of likely N-dealkylation sites (tertiary alicyclic amines) is 1. The van der Waals surface area contributed by atoms with E-state index in [1.807, 2.05) is 13.2 Å². The van der Waals surface area contributed by atoms with E-state index < -0.39 is 0 Å². The summed E-state index contributed by atoms with van der Waals surface area (Å²) in [6, 6.07) is 0. The molecule has 20 heavy (non-hydrogen) atoms. The molecule has 2 heterocycles. The molecule has 1 aliphatic heterocycles. The van der Waals surface area contributed by atoms with Crippen molar-refractivity contribution in [2.75, 3.05) is 44.0 Å². The molecule has 4 nitrogen and oxygen atoms in total. The van der Waals surface area contributed by atoms with Gasteiger partial charge in [-0.3, -0.25) is 4.79 Å². The predicted molar refractivity (Wildman–Crippen MR) is 89.2 cm³/mol. The number of carbonyl (C=O) groups is 1. The molecule has 0 bridgehead atoms. The van der Waals surface area contributed by atoms with Crippen LogP contribution in [-0.2, 0) is 0 Å². The van der Waals surface area contributed by atoms with E-state index >= 15 is 0 Å². The topological polar surface area (TPSA) is 58.4 Å². The van der Waals surface area contributed by atoms with Gasteiger partial charge >= 0.3 is 0 Å². The van der Waals surface area contributed by atoms with E-state index in [9.17, 15) is 4.79 Å². The number of hydrogen-bond acceptors (Lipinski definition) is 6. The molecule has 0 radical (unpaired) electrons. The maximum absolute atomic E-state index is 11.9. The zero-order valence-corrected chi connectivity index (χ0v) is 14.0. The van der Waals surface area contributed by atoms with Gasteiger partial charge in [-0.25, -0.2) is 0 Å². The zero-order chi connectivity index (χ0) is 14.7. The second kappa shape index (κ2) is 6.83. The Morgan fingerprint density at radius 3 is 2.90 bits per heavy atom. The van der Waals surface area contributed by atoms with Crippen molar-refractivity contribution in [3.05, 3.63) is 4.88 Å². The first kappa shape index (κ1) is 15.7. The number of nitrogens with one attached hydrogen (secondary N) is 1. The maximum atomic E-state index is 11.9. The van der Waals surface area contributed by atoms with E-state index in [4.69, 9.17) is 5.73 Å². The monoisotopic (exact) mass is 313 g/mol. The second-order valence-corrected chi connectivity index (χ2v) is 7.12. The van der Waals surface area contributed by atoms with Crippen molar-refractivity contribution in [2.45, 2.75) is 24.7 Å². The van der Waals surface area contributed by atoms with Crippen molar-refractivity contribution in [1.29, 1.82) is 0 Å². The number of ketones is 1. The molecule has 112 valence electrons. The number of Topliss-reactive ketones (excluding diaryl/α,β-unsaturated/α-hetero) is 1. The third-order valence-corrected chi connectivity index (χ3v) is 5.88. The number of hydrogen-bond donors (Lipinski definition) is 2. The lowest BCUT2D eigenvalue weighted by Crippen LogP contribution is -2.18. The smallest absolute Gasteiger partial charge is 0.174 e. The highest BCUT2D eigenvalue weighted by atomic mass is 32.2. The van der Waals surface area contributed by atoms with Crippen LogP contribution in [0.15, 0.2) is 4.90 Å². The van der Waals surface area contributed by atoms with Crippen molar-refractivity contribution in [3.63, 3.8) is 0 Å². The summed E-state index contributed by atoms with van der Waals surface area (Å²) >= 11 is 3.12. The molecule has 0 aromatic carbocycles. The van der Waals surface area contributed by atoms with Gasteiger partial charge in [0.15, 0.2) is 5.78 Å². The summed E-state index contributed by atoms with van der Waals surface area (Å²) in [5, 5.41) is 4.56. The van der Waals surface area contributed by atoms with Gasteiger partial charge in [0.25, 0.3) is 0 Å². The average molecular weight is 313 g/mol. The normalized spacial score (nSPS) is 19.4. The van der Waals surface area contributed by atoms with E-state index in [-0.39, 0.29) is 5.78 Å². The van der Waals surface area contributed by atoms with Crippen molar-refractivity contribution < 1.29 is 4.79 Å². The SMILES string of the molecule is CCC(=O)c1sc(NCC2CCN(C)C2)c(SC)c1N. The molecule has 0 amide bonds. The van der Waals surface area contributed by atoms with Crippen molar-refractivity contribution in [2.24, 2.45) is 5.92 Å². The lowest BCUT2D eigenvalue weighted by atomic mass is 10.1. The summed E-state index contributed by atoms with van der Waals surface area (Å²) in [5.74, 6) is 0.819. The maximum Gasteiger partial charge on any atom is 0.174 e. The van der Waals surface area contributed by atoms with E-state index in [2.05, 4.69) is 17.3 Å². The zero-order valence-electron chi connectivity index (χ0n) is 12.4. The molecule has 1 aromatic rings. The molecule has 0 aliphatic carbocycles. The van der Waals surface area contributed by atoms with Crippen LogP contribution < -0.4 is 11.1 Å². The van der Waals surface area contributed by atoms with E-state index in [0.717, 1.165) is 23.0 Å². The number of nitrogens with two attached hydrogens (primary N) is 1. The van der Waals surface area contributed by atoms with Crippen LogP contribution in [-0.4, -0.2) is 43.6 Å². The lowest BCUT2D eigenvalue weighted by molar-refractivity contribution is 0.0992. The van der Waals surface area contributed by atoms with Gasteiger partial charge in [0.2, 0.25) is 0 Å². The van der Waals surface area contributed by atoms with Crippen LogP contribution in [0.2, 0.25) is 0 Å². The van der Waals surface area contributed by atoms with Gasteiger partial charge in [-0.15, -0.1) is 23.1 Å². The lowest BCUT2D eigenvalue weighted by Gasteiger charge is -2.12. The average Bonchev–Trinajstić information content (AvgIpc) is 2.99. The fraction of sp³-hybridized carbons (Fsp3) is 0.643. The predicted octanol–water partition coefficient (Wildman–Crippen LogP) is 3.01. The molecule has 1 unspecified atom stereocenters. The molecular formula is C14H23N3OS2. The quantitative estimate of drug-likeness (QED) is 0.624. The molecule has 1 fully saturated rings. The van der Waals surface area contributed by atoms with Gasteiger partial charge < -0.3 is 16.0 Å². The van der Waals surface area contributed by atoms with Gasteiger partial charge in [-0.2, -0.15) is 0 Å². The fourth-order valence-corrected chi connectivity index (χ4v) is 4.60. The third kappa shape index (κ3) is 3.30. The van der Waals surface area contributed by atoms with E-state index in [1.165, 1.54) is 24.3 Å². The van der Waals surface area contributed by atoms with Gasteiger partial charge in [-0.1, -0.05) is 6.92 Å². The summed E-state index contributed by atoms with van der Waals surface area (Å²) in [7, 11) is 2.16. The third-order valence-electron chi connectivity index (χ3n) is 3.72. The number of nitrogens with zero attached hydrogens (tertiary/aromatic N) is 1. The Labute approximate surface area is 129 Å². The summed E-state index contributed by atoms with van der Waals surface area (Å²) in [6.07, 6.45) is 3.75. The summed E-state index contributed by atoms with van der Waals surface area (Å²) < 4.78 is 0. The van der Waals surface area contributed by atoms with Crippen molar-refractivity contribution >= 4 is 39.6 Å². The molecular weight excluding hydrogens is 290 g/mol. The molecule has 1 atom stereocenters. The highest BCUT2D eigenvalue weighted by Crippen LogP contribution is 2.42. The standard InChI is InChI=1S/C14H23N3OS2/c1-4-10(18)12-11(15)13(19-3)14(20-12)16-7-9-5-6-17(2)8-9/h9,16H,4-8,15H2,1-3H3. The van der Waals surface area contributed by atoms with Crippen LogP contribution in [0.4, 0.5) is 10.7 Å². The molecule has 6 heteroatoms. The summed E-state index contributed by atoms with van der Waals surface area (Å²) in [5.41, 5.74) is 6.77. The Morgan fingerprint density at radius 2 is 2.35 bits per heavy atom. The Balaban J connectivity index is 2.08. The number of thiophene rings is 1. The first-order valence-corrected chi connectivity index (χ1v) is 9.02. The van der Waals surface area contributed by atoms with Crippen LogP contribution in [0.3, 0.4) is 0 Å². The number of nitrogen functional groups attached to an aromatic ring is 1. The Hall–Kier alpha value is -0.720. The molecule has 1 saturated heterocycles. The Morgan fingerprint density at radius 1 is 1.60 bits per heavy atom. The highest BCUT2D eigenvalue weighted by molar-refractivity contribution is 7.99. The number of thioether (sulfide) groups is 1. The molecule has 0 saturated carbocycles. The van der Waals surface area contributed by atoms with Crippen molar-refractivity contribution in [3.8, 4) is 0 Å². The van der Waals surface area contributed by atoms with E-state index in [1.54, 1.807) is 11.8 Å². The minimum Gasteiger partial charge on any atom is -0.396 e. The molecule has 1 aliphatic rings. The Bertz CT molecular complexity index is 487. The van der Waals surface area contributed by atoms with Crippen LogP contribution >= 0.6 is 23.1 Å². The van der Waals surface area contributed by atoms with Crippen LogP contribution in [0.5, 0.6) is 0 Å². The van der Waals surface area contributed by atoms with Crippen molar-refractivity contribution in [1.82, 2.24) is 4.90 Å². The van der Waals surface area contributed by atoms with Crippen LogP contribution in [0, 0.1) is 5.92 Å². The van der Waals surface area contributed by atoms with Gasteiger partial charge in [-0.05, 0) is 32.2 Å². The number of rotatable bonds is 6. The number of anilines is 2. The minimum absolute atomic E-state index is 0.136. The molecule has 2 rings (SSSR count). The highest BCUT2D eigenvalue weighted by Gasteiger charge is 2.22. The summed E-state index contributed by atoms with van der Waals surface area (Å²) in [6.45, 7) is 5.15. The minimum atomic E-state index is 0.136. The largest absolute Gasteiger partial charge is 0.396 e. The van der Waals surface area contributed by atoms with Gasteiger partial charge in [0.1, 0.15) is 5.00 Å². The van der Waals surface area contributed by atoms with E-state index in [0.29, 0.717) is 22.9 Å². The second-order valence-electron chi connectivity index (χ2n) is 5.28. The molecule has 1 aromatic heterocycles. The molecule has 3 N–H and O–H groups in total. The number of carbonyl (C=O) groups excluding carboxylic acids is 1. The molecule has 0 spiro atoms.